The summed E-state index contributed by atoms with van der Waals surface area (Å²) < 4.78 is 24.2. The predicted octanol–water partition coefficient (Wildman–Crippen LogP) is 5.56. The zero-order chi connectivity index (χ0) is 28.2. The van der Waals surface area contributed by atoms with E-state index in [0.717, 1.165) is 37.1 Å². The summed E-state index contributed by atoms with van der Waals surface area (Å²) in [4.78, 5) is 24.1. The molecule has 9 heteroatoms. The van der Waals surface area contributed by atoms with Crippen LogP contribution < -0.4 is 15.0 Å². The van der Waals surface area contributed by atoms with Crippen LogP contribution in [0.4, 0.5) is 10.2 Å². The lowest BCUT2D eigenvalue weighted by Gasteiger charge is -2.33. The van der Waals surface area contributed by atoms with Gasteiger partial charge in [-0.25, -0.2) is 9.37 Å². The van der Waals surface area contributed by atoms with Gasteiger partial charge in [0.15, 0.2) is 0 Å². The number of benzene rings is 3. The number of rotatable bonds is 8. The van der Waals surface area contributed by atoms with Gasteiger partial charge in [0.05, 0.1) is 13.0 Å². The molecule has 1 saturated heterocycles. The van der Waals surface area contributed by atoms with Crippen molar-refractivity contribution in [3.05, 3.63) is 102 Å². The maximum absolute atomic E-state index is 13.5. The number of nitrogens with one attached hydrogen (secondary N) is 1. The largest absolute Gasteiger partial charge is 0.497 e. The zero-order valence-corrected chi connectivity index (χ0v) is 22.7. The number of piperidine rings is 1. The summed E-state index contributed by atoms with van der Waals surface area (Å²) in [6.07, 6.45) is 3.89. The van der Waals surface area contributed by atoms with Crippen molar-refractivity contribution in [2.75, 3.05) is 25.1 Å². The number of carbonyl (C=O) groups is 1. The number of ether oxygens (including phenoxy) is 1. The summed E-state index contributed by atoms with van der Waals surface area (Å²) in [7, 11) is 1.66. The van der Waals surface area contributed by atoms with E-state index in [9.17, 15) is 9.18 Å². The Bertz CT molecular complexity index is 1650. The molecule has 2 aromatic heterocycles. The quantitative estimate of drug-likeness (QED) is 0.270. The van der Waals surface area contributed by atoms with Crippen molar-refractivity contribution < 1.29 is 18.4 Å². The van der Waals surface area contributed by atoms with E-state index in [4.69, 9.17) is 9.26 Å². The van der Waals surface area contributed by atoms with Crippen molar-refractivity contribution in [3.8, 4) is 17.0 Å². The van der Waals surface area contributed by atoms with Gasteiger partial charge in [-0.2, -0.15) is 4.98 Å². The fourth-order valence-electron chi connectivity index (χ4n) is 5.36. The molecule has 8 nitrogen and oxygen atoms in total. The fraction of sp³-hybridized carbons (Fsp3) is 0.250. The molecule has 3 heterocycles. The first-order valence-electron chi connectivity index (χ1n) is 13.7. The number of amides is 1. The third kappa shape index (κ3) is 5.89. The van der Waals surface area contributed by atoms with Gasteiger partial charge >= 0.3 is 0 Å². The Hall–Kier alpha value is -4.79. The third-order valence-corrected chi connectivity index (χ3v) is 7.49. The first kappa shape index (κ1) is 26.4. The minimum Gasteiger partial charge on any atom is -0.497 e. The average Bonchev–Trinajstić information content (AvgIpc) is 3.45. The standard InChI is InChI=1S/C32H30FN5O3/c1-40-27-13-7-21(8-14-27)16-22-4-2-5-23(17-22)18-34-31(39)25-6-3-15-38(19-25)30-28-29(24-9-11-26(33)12-10-24)37-41-32(28)36-20-35-30/h2,4-5,7-14,17,20,25H,3,6,15-16,18-19H2,1H3,(H,34,39). The Labute approximate surface area is 237 Å². The maximum atomic E-state index is 13.5. The van der Waals surface area contributed by atoms with E-state index in [1.165, 1.54) is 29.6 Å². The van der Waals surface area contributed by atoms with Crippen LogP contribution in [0.15, 0.2) is 83.6 Å². The van der Waals surface area contributed by atoms with Gasteiger partial charge in [0.1, 0.15) is 34.8 Å². The van der Waals surface area contributed by atoms with Crippen molar-refractivity contribution in [3.63, 3.8) is 0 Å². The van der Waals surface area contributed by atoms with E-state index in [1.54, 1.807) is 19.2 Å². The summed E-state index contributed by atoms with van der Waals surface area (Å²) in [6, 6.07) is 22.4. The highest BCUT2D eigenvalue weighted by molar-refractivity contribution is 5.98. The minimum atomic E-state index is -0.327. The summed E-state index contributed by atoms with van der Waals surface area (Å²) in [5, 5.41) is 8.00. The Morgan fingerprint density at radius 2 is 1.85 bits per heavy atom. The minimum absolute atomic E-state index is 0.0182. The van der Waals surface area contributed by atoms with Gasteiger partial charge in [-0.15, -0.1) is 0 Å². The molecule has 0 spiro atoms. The van der Waals surface area contributed by atoms with Gasteiger partial charge in [-0.05, 0) is 72.4 Å². The summed E-state index contributed by atoms with van der Waals surface area (Å²) in [5.41, 5.74) is 5.06. The number of halogens is 1. The van der Waals surface area contributed by atoms with Gasteiger partial charge in [0.25, 0.3) is 5.71 Å². The molecule has 1 aliphatic rings. The number of hydrogen-bond donors (Lipinski definition) is 1. The second kappa shape index (κ2) is 11.8. The van der Waals surface area contributed by atoms with Gasteiger partial charge in [0, 0.05) is 25.2 Å². The van der Waals surface area contributed by atoms with E-state index in [0.29, 0.717) is 41.3 Å². The van der Waals surface area contributed by atoms with Crippen LogP contribution in [0.25, 0.3) is 22.4 Å². The second-order valence-electron chi connectivity index (χ2n) is 10.3. The van der Waals surface area contributed by atoms with Crippen LogP contribution in [0.2, 0.25) is 0 Å². The molecule has 1 fully saturated rings. The molecule has 6 rings (SSSR count). The molecule has 1 aliphatic heterocycles. The first-order valence-corrected chi connectivity index (χ1v) is 13.7. The summed E-state index contributed by atoms with van der Waals surface area (Å²) >= 11 is 0. The van der Waals surface area contributed by atoms with E-state index in [2.05, 4.69) is 49.6 Å². The third-order valence-electron chi connectivity index (χ3n) is 7.49. The summed E-state index contributed by atoms with van der Waals surface area (Å²) in [6.45, 7) is 1.73. The van der Waals surface area contributed by atoms with E-state index in [1.807, 2.05) is 24.3 Å². The normalized spacial score (nSPS) is 15.2. The molecule has 5 aromatic rings. The van der Waals surface area contributed by atoms with Crippen molar-refractivity contribution in [2.45, 2.75) is 25.8 Å². The number of fused-ring (bicyclic) bond motifs is 1. The van der Waals surface area contributed by atoms with E-state index in [-0.39, 0.29) is 17.6 Å². The molecule has 0 aliphatic carbocycles. The number of methoxy groups -OCH3 is 1. The molecular formula is C32H30FN5O3. The molecule has 3 aromatic carbocycles. The number of carbonyl (C=O) groups excluding carboxylic acids is 1. The molecule has 208 valence electrons. The molecule has 1 amide bonds. The monoisotopic (exact) mass is 551 g/mol. The maximum Gasteiger partial charge on any atom is 0.263 e. The fourth-order valence-corrected chi connectivity index (χ4v) is 5.36. The number of anilines is 1. The highest BCUT2D eigenvalue weighted by Gasteiger charge is 2.29. The zero-order valence-electron chi connectivity index (χ0n) is 22.7. The molecule has 0 saturated carbocycles. The van der Waals surface area contributed by atoms with Crippen LogP contribution in [-0.4, -0.2) is 41.2 Å². The van der Waals surface area contributed by atoms with Crippen LogP contribution in [0.1, 0.15) is 29.5 Å². The van der Waals surface area contributed by atoms with Gasteiger partial charge in [-0.3, -0.25) is 4.79 Å². The highest BCUT2D eigenvalue weighted by Crippen LogP contribution is 2.35. The number of hydrogen-bond acceptors (Lipinski definition) is 7. The predicted molar refractivity (Wildman–Crippen MR) is 154 cm³/mol. The van der Waals surface area contributed by atoms with E-state index >= 15 is 0 Å². The average molecular weight is 552 g/mol. The molecule has 0 radical (unpaired) electrons. The lowest BCUT2D eigenvalue weighted by atomic mass is 9.96. The molecule has 1 unspecified atom stereocenters. The lowest BCUT2D eigenvalue weighted by molar-refractivity contribution is -0.125. The highest BCUT2D eigenvalue weighted by atomic mass is 19.1. The Balaban J connectivity index is 1.13. The van der Waals surface area contributed by atoms with Crippen LogP contribution in [0, 0.1) is 11.7 Å². The van der Waals surface area contributed by atoms with Crippen LogP contribution in [0.5, 0.6) is 5.75 Å². The van der Waals surface area contributed by atoms with Crippen molar-refractivity contribution >= 4 is 22.8 Å². The Morgan fingerprint density at radius 1 is 1.05 bits per heavy atom. The smallest absolute Gasteiger partial charge is 0.263 e. The van der Waals surface area contributed by atoms with Crippen molar-refractivity contribution in [1.82, 2.24) is 20.4 Å². The topological polar surface area (TPSA) is 93.4 Å². The molecular weight excluding hydrogens is 521 g/mol. The number of aromatic nitrogens is 3. The molecule has 0 bridgehead atoms. The van der Waals surface area contributed by atoms with Gasteiger partial charge < -0.3 is 19.5 Å². The van der Waals surface area contributed by atoms with Gasteiger partial charge in [0.2, 0.25) is 5.91 Å². The lowest BCUT2D eigenvalue weighted by Crippen LogP contribution is -2.43. The Morgan fingerprint density at radius 3 is 2.66 bits per heavy atom. The van der Waals surface area contributed by atoms with Gasteiger partial charge in [-0.1, -0.05) is 41.6 Å². The number of nitrogens with zero attached hydrogens (tertiary/aromatic N) is 4. The first-order chi connectivity index (χ1) is 20.1. The molecule has 41 heavy (non-hydrogen) atoms. The Kier molecular flexibility index (Phi) is 7.58. The SMILES string of the molecule is COc1ccc(Cc2cccc(CNC(=O)C3CCCN(c4ncnc5onc(-c6ccc(F)cc6)c45)C3)c2)cc1. The van der Waals surface area contributed by atoms with Crippen LogP contribution in [0.3, 0.4) is 0 Å². The van der Waals surface area contributed by atoms with Crippen molar-refractivity contribution in [2.24, 2.45) is 5.92 Å². The van der Waals surface area contributed by atoms with Crippen LogP contribution >= 0.6 is 0 Å². The van der Waals surface area contributed by atoms with E-state index < -0.39 is 0 Å². The summed E-state index contributed by atoms with van der Waals surface area (Å²) in [5.74, 6) is 1.01. The van der Waals surface area contributed by atoms with Crippen LogP contribution in [-0.2, 0) is 17.8 Å². The molecule has 1 atom stereocenters. The molecule has 1 N–H and O–H groups in total. The van der Waals surface area contributed by atoms with Crippen molar-refractivity contribution in [1.29, 1.82) is 0 Å². The second-order valence-corrected chi connectivity index (χ2v) is 10.3.